The number of benzene rings is 2. The Balaban J connectivity index is 1.28. The summed E-state index contributed by atoms with van der Waals surface area (Å²) in [5.74, 6) is -1.000. The summed E-state index contributed by atoms with van der Waals surface area (Å²) in [4.78, 5) is 38.2. The molecule has 0 fully saturated rings. The first-order valence-electron chi connectivity index (χ1n) is 11.9. The Morgan fingerprint density at radius 3 is 2.46 bits per heavy atom. The Labute approximate surface area is 222 Å². The summed E-state index contributed by atoms with van der Waals surface area (Å²) < 4.78 is 12.5. The zero-order valence-corrected chi connectivity index (χ0v) is 21.3. The van der Waals surface area contributed by atoms with Crippen molar-refractivity contribution in [1.82, 2.24) is 25.3 Å². The number of rotatable bonds is 7. The van der Waals surface area contributed by atoms with Crippen LogP contribution in [0.5, 0.6) is 5.95 Å². The lowest BCUT2D eigenvalue weighted by atomic mass is 9.95. The summed E-state index contributed by atoms with van der Waals surface area (Å²) in [6.07, 6.45) is 0.933. The molecule has 5 rings (SSSR count). The molecule has 3 amide bonds. The highest BCUT2D eigenvalue weighted by Crippen LogP contribution is 2.30. The number of ether oxygens (including phenoxy) is 1. The smallest absolute Gasteiger partial charge is 0.415 e. The first kappa shape index (κ1) is 25.3. The van der Waals surface area contributed by atoms with Gasteiger partial charge in [-0.2, -0.15) is 10.2 Å². The van der Waals surface area contributed by atoms with Crippen molar-refractivity contribution >= 4 is 40.5 Å². The molecule has 3 aromatic heterocycles. The standard InChI is InChI=1S/C27H25N7O5/c1-27(2,16-9-5-4-6-10-16)30-26(37)39-21-15-20-22(38-21)23(32-31-20)29-24(35)17-11-7-8-12-18(17)28-25(36)19-13-14-34(3)33-19/h4-15H,1-3H3,(H,28,36)(H,30,37)(H2,29,31,32,35). The molecular weight excluding hydrogens is 502 g/mol. The molecule has 0 radical (unpaired) electrons. The summed E-state index contributed by atoms with van der Waals surface area (Å²) >= 11 is 0. The molecule has 0 atom stereocenters. The number of para-hydroxylation sites is 1. The fraction of sp³-hybridized carbons (Fsp3) is 0.148. The highest BCUT2D eigenvalue weighted by Gasteiger charge is 2.25. The van der Waals surface area contributed by atoms with E-state index < -0.39 is 23.4 Å². The number of nitrogens with one attached hydrogen (secondary N) is 4. The zero-order chi connectivity index (χ0) is 27.6. The van der Waals surface area contributed by atoms with E-state index in [4.69, 9.17) is 9.15 Å². The Bertz CT molecular complexity index is 1670. The maximum absolute atomic E-state index is 13.1. The van der Waals surface area contributed by atoms with E-state index in [0.717, 1.165) is 5.56 Å². The van der Waals surface area contributed by atoms with E-state index in [1.165, 1.54) is 10.7 Å². The molecule has 0 bridgehead atoms. The number of carbonyl (C=O) groups excluding carboxylic acids is 3. The van der Waals surface area contributed by atoms with Crippen LogP contribution in [0.4, 0.5) is 16.3 Å². The number of aromatic nitrogens is 4. The molecule has 0 aliphatic rings. The number of furan rings is 1. The molecule has 0 spiro atoms. The number of aryl methyl sites for hydroxylation is 1. The van der Waals surface area contributed by atoms with Crippen LogP contribution < -0.4 is 20.7 Å². The second kappa shape index (κ2) is 10.2. The third kappa shape index (κ3) is 5.49. The number of amides is 3. The van der Waals surface area contributed by atoms with Crippen LogP contribution in [0.25, 0.3) is 11.1 Å². The first-order chi connectivity index (χ1) is 18.7. The molecule has 3 heterocycles. The van der Waals surface area contributed by atoms with E-state index in [1.54, 1.807) is 43.6 Å². The monoisotopic (exact) mass is 527 g/mol. The highest BCUT2D eigenvalue weighted by molar-refractivity contribution is 6.13. The highest BCUT2D eigenvalue weighted by atomic mass is 16.6. The van der Waals surface area contributed by atoms with Gasteiger partial charge in [-0.15, -0.1) is 0 Å². The van der Waals surface area contributed by atoms with Crippen molar-refractivity contribution < 1.29 is 23.5 Å². The van der Waals surface area contributed by atoms with Gasteiger partial charge >= 0.3 is 6.09 Å². The van der Waals surface area contributed by atoms with E-state index >= 15 is 0 Å². The van der Waals surface area contributed by atoms with Crippen LogP contribution in [0, 0.1) is 0 Å². The fourth-order valence-corrected chi connectivity index (χ4v) is 3.92. The van der Waals surface area contributed by atoms with Crippen molar-refractivity contribution in [1.29, 1.82) is 0 Å². The maximum Gasteiger partial charge on any atom is 0.415 e. The van der Waals surface area contributed by atoms with Crippen molar-refractivity contribution in [2.24, 2.45) is 7.05 Å². The van der Waals surface area contributed by atoms with Gasteiger partial charge in [0.15, 0.2) is 11.5 Å². The van der Waals surface area contributed by atoms with Crippen LogP contribution in [-0.4, -0.2) is 37.9 Å². The lowest BCUT2D eigenvalue weighted by Crippen LogP contribution is -2.42. The zero-order valence-electron chi connectivity index (χ0n) is 21.3. The number of anilines is 2. The van der Waals surface area contributed by atoms with Gasteiger partial charge in [0, 0.05) is 19.3 Å². The minimum atomic E-state index is -0.712. The van der Waals surface area contributed by atoms with Gasteiger partial charge in [-0.1, -0.05) is 42.5 Å². The molecular formula is C27H25N7O5. The molecule has 0 aliphatic heterocycles. The molecule has 39 heavy (non-hydrogen) atoms. The summed E-state index contributed by atoms with van der Waals surface area (Å²) in [5.41, 5.74) is 1.50. The molecule has 198 valence electrons. The minimum Gasteiger partial charge on any atom is -0.419 e. The van der Waals surface area contributed by atoms with Crippen molar-refractivity contribution in [3.8, 4) is 5.95 Å². The topological polar surface area (TPSA) is 156 Å². The number of fused-ring (bicyclic) bond motifs is 1. The van der Waals surface area contributed by atoms with Crippen molar-refractivity contribution in [2.75, 3.05) is 10.6 Å². The Morgan fingerprint density at radius 2 is 1.72 bits per heavy atom. The molecule has 12 heteroatoms. The van der Waals surface area contributed by atoms with E-state index in [9.17, 15) is 14.4 Å². The quantitative estimate of drug-likeness (QED) is 0.244. The van der Waals surface area contributed by atoms with Crippen LogP contribution in [0.15, 0.2) is 77.3 Å². The molecule has 0 saturated heterocycles. The van der Waals surface area contributed by atoms with Crippen LogP contribution >= 0.6 is 0 Å². The number of hydrogen-bond donors (Lipinski definition) is 4. The van der Waals surface area contributed by atoms with E-state index in [0.29, 0.717) is 11.2 Å². The van der Waals surface area contributed by atoms with Crippen LogP contribution in [0.3, 0.4) is 0 Å². The Hall–Kier alpha value is -5.39. The van der Waals surface area contributed by atoms with Gasteiger partial charge in [0.1, 0.15) is 5.52 Å². The number of nitrogens with zero attached hydrogens (tertiary/aromatic N) is 3. The number of aromatic amines is 1. The SMILES string of the molecule is Cn1ccc(C(=O)Nc2ccccc2C(=O)Nc2n[nH]c3cc(OC(=O)NC(C)(C)c4ccccc4)oc23)n1. The largest absolute Gasteiger partial charge is 0.419 e. The molecule has 5 aromatic rings. The van der Waals surface area contributed by atoms with E-state index in [2.05, 4.69) is 31.2 Å². The number of hydrogen-bond acceptors (Lipinski definition) is 7. The van der Waals surface area contributed by atoms with Gasteiger partial charge in [-0.25, -0.2) is 4.79 Å². The van der Waals surface area contributed by atoms with E-state index in [-0.39, 0.29) is 28.6 Å². The third-order valence-electron chi connectivity index (χ3n) is 5.91. The lowest BCUT2D eigenvalue weighted by molar-refractivity contribution is 0.102. The van der Waals surface area contributed by atoms with Crippen molar-refractivity contribution in [3.05, 3.63) is 89.7 Å². The van der Waals surface area contributed by atoms with E-state index in [1.807, 2.05) is 44.2 Å². The number of H-pyrrole nitrogens is 1. The molecule has 0 aliphatic carbocycles. The predicted molar refractivity (Wildman–Crippen MR) is 143 cm³/mol. The second-order valence-corrected chi connectivity index (χ2v) is 9.21. The van der Waals surface area contributed by atoms with Crippen LogP contribution in [-0.2, 0) is 12.6 Å². The molecule has 2 aromatic carbocycles. The Kier molecular flexibility index (Phi) is 6.59. The Morgan fingerprint density at radius 1 is 0.974 bits per heavy atom. The first-order valence-corrected chi connectivity index (χ1v) is 11.9. The van der Waals surface area contributed by atoms with Crippen molar-refractivity contribution in [3.63, 3.8) is 0 Å². The van der Waals surface area contributed by atoms with Gasteiger partial charge in [-0.05, 0) is 37.6 Å². The minimum absolute atomic E-state index is 0.0840. The maximum atomic E-state index is 13.1. The second-order valence-electron chi connectivity index (χ2n) is 9.21. The summed E-state index contributed by atoms with van der Waals surface area (Å²) in [6, 6.07) is 19.0. The number of carbonyl (C=O) groups is 3. The normalized spacial score (nSPS) is 11.3. The van der Waals surface area contributed by atoms with Crippen LogP contribution in [0.1, 0.15) is 40.3 Å². The lowest BCUT2D eigenvalue weighted by Gasteiger charge is -2.25. The average molecular weight is 528 g/mol. The van der Waals surface area contributed by atoms with Gasteiger partial charge in [0.05, 0.1) is 16.8 Å². The van der Waals surface area contributed by atoms with Gasteiger partial charge in [-0.3, -0.25) is 19.4 Å². The summed E-state index contributed by atoms with van der Waals surface area (Å²) in [6.45, 7) is 3.70. The predicted octanol–water partition coefficient (Wildman–Crippen LogP) is 4.42. The van der Waals surface area contributed by atoms with Crippen LogP contribution in [0.2, 0.25) is 0 Å². The molecule has 0 unspecified atom stereocenters. The fourth-order valence-electron chi connectivity index (χ4n) is 3.92. The molecule has 0 saturated carbocycles. The average Bonchev–Trinajstić information content (AvgIpc) is 3.61. The van der Waals surface area contributed by atoms with Gasteiger partial charge < -0.3 is 25.1 Å². The van der Waals surface area contributed by atoms with Gasteiger partial charge in [0.25, 0.3) is 17.8 Å². The van der Waals surface area contributed by atoms with Crippen molar-refractivity contribution in [2.45, 2.75) is 19.4 Å². The third-order valence-corrected chi connectivity index (χ3v) is 5.91. The summed E-state index contributed by atoms with van der Waals surface area (Å²) in [5, 5.41) is 19.0. The molecule has 12 nitrogen and oxygen atoms in total. The molecule has 4 N–H and O–H groups in total. The summed E-state index contributed by atoms with van der Waals surface area (Å²) in [7, 11) is 1.70. The van der Waals surface area contributed by atoms with Gasteiger partial charge in [0.2, 0.25) is 5.58 Å².